The van der Waals surface area contributed by atoms with Crippen LogP contribution in [0.4, 0.5) is 0 Å². The zero-order valence-electron chi connectivity index (χ0n) is 36.9. The molecule has 4 saturated heterocycles. The summed E-state index contributed by atoms with van der Waals surface area (Å²) in [7, 11) is -1.30. The molecule has 3 N–H and O–H groups in total. The van der Waals surface area contributed by atoms with E-state index >= 15 is 0 Å². The average molecular weight is 753 g/mol. The van der Waals surface area contributed by atoms with Crippen molar-refractivity contribution in [1.82, 2.24) is 0 Å². The maximum atomic E-state index is 13.2. The molecule has 0 aliphatic carbocycles. The molecule has 0 aromatic heterocycles. The van der Waals surface area contributed by atoms with Crippen LogP contribution in [0, 0.1) is 5.92 Å². The van der Waals surface area contributed by atoms with Gasteiger partial charge in [0.25, 0.3) is 0 Å². The van der Waals surface area contributed by atoms with Gasteiger partial charge in [0.05, 0.1) is 67.6 Å². The molecule has 4 aliphatic rings. The van der Waals surface area contributed by atoms with E-state index in [0.717, 1.165) is 0 Å². The number of aliphatic hydroxyl groups is 3. The fourth-order valence-corrected chi connectivity index (χ4v) is 8.27. The Bertz CT molecular complexity index is 1040. The van der Waals surface area contributed by atoms with E-state index in [9.17, 15) is 14.2 Å². The predicted molar refractivity (Wildman–Crippen MR) is 180 cm³/mol. The first-order chi connectivity index (χ1) is 26.6. The number of methoxy groups -OCH3 is 2. The summed E-state index contributed by atoms with van der Waals surface area (Å²) >= 11 is 0. The maximum Gasteiger partial charge on any atom is 0.331 e. The van der Waals surface area contributed by atoms with Gasteiger partial charge < -0.3 is 61.8 Å². The first kappa shape index (κ1) is 33.8. The van der Waals surface area contributed by atoms with Crippen LogP contribution in [0.15, 0.2) is 0 Å². The molecule has 0 spiro atoms. The van der Waals surface area contributed by atoms with Crippen LogP contribution in [0.1, 0.15) is 67.5 Å². The standard InChI is InChI=1S/C15H29O6P.C14H27O7P.2CH4O/c1-12-5-8-19-15(12)11-20-22(16,10-4-7-17-3)21-14-6-9-18-13(14)2;1-11-13(5-8-18-11)21-22(16,9-3-6-17-2)20-10-14-12(15)4-7-19-14;2*1-2/h12-15H,4-11H2,1-3H3;11-15H,3-10H2,1-2H3;2*2H,1H3/t12-,13+,14-,15+,22?;11-,12+,13+,14-,22?;;/m01../s1/i2D,8T,9T;1D,7T,8T;2*2T/t8-,9-,12+,13-,14+,15-,22?;7-,8-,11-,12+,13+,14-,22?;;/m11... The van der Waals surface area contributed by atoms with Gasteiger partial charge in [-0.25, -0.2) is 0 Å². The van der Waals surface area contributed by atoms with Crippen LogP contribution < -0.4 is 0 Å². The van der Waals surface area contributed by atoms with E-state index in [-0.39, 0.29) is 70.6 Å². The predicted octanol–water partition coefficient (Wildman–Crippen LogP) is 3.65. The Morgan fingerprint density at radius 2 is 1.21 bits per heavy atom. The summed E-state index contributed by atoms with van der Waals surface area (Å²) in [4.78, 5) is 0. The Kier molecular flexibility index (Phi) is 18.2. The van der Waals surface area contributed by atoms with Crippen molar-refractivity contribution in [2.45, 2.75) is 102 Å². The number of hydrogen-bond donors (Lipinski definition) is 3. The highest BCUT2D eigenvalue weighted by atomic mass is 31.2. The lowest BCUT2D eigenvalue weighted by Gasteiger charge is -2.25. The van der Waals surface area contributed by atoms with Crippen LogP contribution in [0.3, 0.4) is 0 Å². The van der Waals surface area contributed by atoms with E-state index in [1.807, 2.05) is 6.92 Å². The molecule has 4 rings (SSSR count). The highest BCUT2D eigenvalue weighted by Crippen LogP contribution is 2.53. The van der Waals surface area contributed by atoms with Gasteiger partial charge in [-0.1, -0.05) is 6.92 Å². The number of aliphatic hydroxyl groups excluding tert-OH is 3. The zero-order valence-corrected chi connectivity index (χ0v) is 30.7. The highest BCUT2D eigenvalue weighted by molar-refractivity contribution is 7.54. The molecule has 288 valence electrons. The summed E-state index contributed by atoms with van der Waals surface area (Å²) in [5, 5.41) is 16.8. The lowest BCUT2D eigenvalue weighted by Crippen LogP contribution is -2.27. The number of ether oxygens (including phenoxy) is 6. The molecule has 14 atom stereocenters. The molecular formula is C31H64O15P2. The summed E-state index contributed by atoms with van der Waals surface area (Å²) < 4.78 is 137. The third-order valence-corrected chi connectivity index (χ3v) is 11.5. The van der Waals surface area contributed by atoms with Crippen LogP contribution in [-0.4, -0.2) is 154 Å². The second kappa shape index (κ2) is 25.8. The van der Waals surface area contributed by atoms with E-state index in [1.54, 1.807) is 7.11 Å². The Balaban J connectivity index is 0.000000491. The smallest absolute Gasteiger partial charge is 0.331 e. The molecule has 0 radical (unpaired) electrons. The van der Waals surface area contributed by atoms with E-state index in [0.29, 0.717) is 32.5 Å². The molecule has 2 unspecified atom stereocenters. The quantitative estimate of drug-likeness (QED) is 0.136. The van der Waals surface area contributed by atoms with Crippen molar-refractivity contribution in [3.05, 3.63) is 0 Å². The normalized spacial score (nSPS) is 40.6. The number of rotatable bonds is 18. The number of hydrogen-bond acceptors (Lipinski definition) is 15. The van der Waals surface area contributed by atoms with Gasteiger partial charge in [-0.3, -0.25) is 9.13 Å². The molecule has 4 heterocycles. The zero-order chi connectivity index (χ0) is 42.3. The molecule has 4 aliphatic heterocycles. The molecule has 48 heavy (non-hydrogen) atoms. The molecule has 0 aromatic carbocycles. The summed E-state index contributed by atoms with van der Waals surface area (Å²) in [5.41, 5.74) is 0. The fourth-order valence-electron chi connectivity index (χ4n) is 4.63. The fraction of sp³-hybridized carbons (Fsp3) is 1.00. The van der Waals surface area contributed by atoms with Crippen LogP contribution in [0.25, 0.3) is 0 Å². The summed E-state index contributed by atoms with van der Waals surface area (Å²) in [6, 6.07) is 0. The second-order valence-corrected chi connectivity index (χ2v) is 15.4. The van der Waals surface area contributed by atoms with Crippen molar-refractivity contribution in [3.63, 3.8) is 0 Å². The van der Waals surface area contributed by atoms with Gasteiger partial charge >= 0.3 is 15.2 Å². The van der Waals surface area contributed by atoms with Gasteiger partial charge in [-0.2, -0.15) is 0 Å². The summed E-state index contributed by atoms with van der Waals surface area (Å²) in [5.74, 6) is 0.156. The third-order valence-electron chi connectivity index (χ3n) is 7.46. The molecule has 0 saturated carbocycles. The molecule has 17 heteroatoms. The Morgan fingerprint density at radius 3 is 1.60 bits per heavy atom. The third kappa shape index (κ3) is 17.0. The maximum absolute atomic E-state index is 13.2. The monoisotopic (exact) mass is 752 g/mol. The van der Waals surface area contributed by atoms with Gasteiger partial charge in [0.1, 0.15) is 6.10 Å². The van der Waals surface area contributed by atoms with Crippen LogP contribution in [-0.2, 0) is 55.6 Å². The average Bonchev–Trinajstić information content (AvgIpc) is 3.87. The minimum Gasteiger partial charge on any atom is -0.400 e. The molecule has 15 nitrogen and oxygen atoms in total. The van der Waals surface area contributed by atoms with Crippen LogP contribution in [0.2, 0.25) is 0 Å². The van der Waals surface area contributed by atoms with Gasteiger partial charge in [-0.05, 0) is 45.4 Å². The van der Waals surface area contributed by atoms with Gasteiger partial charge in [0.15, 0.2) is 0 Å². The molecule has 0 amide bonds. The molecule has 0 bridgehead atoms. The molecule has 4 fully saturated rings. The minimum absolute atomic E-state index is 0.0542. The van der Waals surface area contributed by atoms with Crippen molar-refractivity contribution in [3.8, 4) is 0 Å². The van der Waals surface area contributed by atoms with Crippen molar-refractivity contribution in [2.75, 3.05) is 93.5 Å². The SMILES string of the molecule is [2H]C[C@H]1O[C@H]([3H])C[C@@H]1OP(=O)(CCCOC)OC[C@H]1O[C@H]([3H])C[C@@H]1C.[2H]C[C@H]1O[C@H]([3H])C[C@@H]1OP(=O)(CCCOC)OC[C@H]1O[C@H]([3H])C[C@@H]1O.[3H]OC.[3H]OC. The van der Waals surface area contributed by atoms with E-state index in [1.165, 1.54) is 21.3 Å². The Hall–Kier alpha value is -0.0600. The van der Waals surface area contributed by atoms with Gasteiger partial charge in [-0.15, -0.1) is 0 Å². The van der Waals surface area contributed by atoms with E-state index in [2.05, 4.69) is 10.2 Å². The van der Waals surface area contributed by atoms with Crippen LogP contribution >= 0.6 is 15.2 Å². The summed E-state index contributed by atoms with van der Waals surface area (Å²) in [6.45, 7) is -0.366. The molecular weight excluding hydrogens is 674 g/mol. The lowest BCUT2D eigenvalue weighted by atomic mass is 10.1. The largest absolute Gasteiger partial charge is 0.400 e. The first-order valence-electron chi connectivity index (χ1n) is 20.5. The van der Waals surface area contributed by atoms with E-state index < -0.39 is 78.1 Å². The summed E-state index contributed by atoms with van der Waals surface area (Å²) in [6.07, 6.45) is -1.70. The second-order valence-electron chi connectivity index (χ2n) is 11.1. The lowest BCUT2D eigenvalue weighted by molar-refractivity contribution is 0.000673. The van der Waals surface area contributed by atoms with Gasteiger partial charge in [0, 0.05) is 83.6 Å². The van der Waals surface area contributed by atoms with Crippen molar-refractivity contribution in [2.24, 2.45) is 5.92 Å². The Morgan fingerprint density at radius 1 is 0.771 bits per heavy atom. The minimum atomic E-state index is -3.55. The molecule has 0 aromatic rings. The highest BCUT2D eigenvalue weighted by Gasteiger charge is 2.38. The Labute approximate surface area is 299 Å². The van der Waals surface area contributed by atoms with Gasteiger partial charge in [0.2, 0.25) is 2.86 Å². The topological polar surface area (TPSA) is 187 Å². The van der Waals surface area contributed by atoms with Crippen molar-refractivity contribution >= 4 is 15.2 Å². The first-order valence-corrected chi connectivity index (χ1v) is 19.4. The van der Waals surface area contributed by atoms with Crippen molar-refractivity contribution in [1.29, 1.82) is 2.86 Å². The van der Waals surface area contributed by atoms with Crippen molar-refractivity contribution < 1.29 is 79.2 Å². The van der Waals surface area contributed by atoms with E-state index in [4.69, 9.17) is 57.6 Å². The van der Waals surface area contributed by atoms with Crippen LogP contribution in [0.5, 0.6) is 0 Å².